The normalized spacial score (nSPS) is 16.8. The maximum Gasteiger partial charge on any atom is 0.310 e. The maximum absolute atomic E-state index is 12.3. The van der Waals surface area contributed by atoms with E-state index in [4.69, 9.17) is 4.74 Å². The number of carbonyl (C=O) groups is 2. The van der Waals surface area contributed by atoms with Crippen molar-refractivity contribution in [3.05, 3.63) is 23.8 Å². The summed E-state index contributed by atoms with van der Waals surface area (Å²) < 4.78 is 5.23. The van der Waals surface area contributed by atoms with Crippen molar-refractivity contribution in [1.82, 2.24) is 0 Å². The van der Waals surface area contributed by atoms with Gasteiger partial charge < -0.3 is 15.2 Å². The molecule has 0 heterocycles. The second kappa shape index (κ2) is 6.81. The average Bonchev–Trinajstić information content (AvgIpc) is 2.48. The van der Waals surface area contributed by atoms with Gasteiger partial charge in [0.15, 0.2) is 0 Å². The number of rotatable bonds is 5. The fourth-order valence-electron chi connectivity index (χ4n) is 3.12. The first-order valence-corrected chi connectivity index (χ1v) is 7.65. The summed E-state index contributed by atoms with van der Waals surface area (Å²) in [5.74, 6) is -0.557. The van der Waals surface area contributed by atoms with Gasteiger partial charge in [-0.3, -0.25) is 9.59 Å². The molecule has 1 aromatic rings. The number of amides is 1. The number of carbonyl (C=O) groups excluding carboxylic acids is 1. The van der Waals surface area contributed by atoms with Crippen LogP contribution in [0.5, 0.6) is 5.75 Å². The smallest absolute Gasteiger partial charge is 0.310 e. The largest absolute Gasteiger partial charge is 0.495 e. The number of carboxylic acid groups (broad SMARTS) is 1. The zero-order valence-electron chi connectivity index (χ0n) is 13.1. The Labute approximate surface area is 130 Å². The second-order valence-corrected chi connectivity index (χ2v) is 6.07. The van der Waals surface area contributed by atoms with Gasteiger partial charge in [0.2, 0.25) is 5.91 Å². The first-order valence-electron chi connectivity index (χ1n) is 7.65. The highest BCUT2D eigenvalue weighted by Crippen LogP contribution is 2.40. The van der Waals surface area contributed by atoms with Crippen molar-refractivity contribution in [1.29, 1.82) is 0 Å². The Kier molecular flexibility index (Phi) is 5.06. The van der Waals surface area contributed by atoms with Gasteiger partial charge in [-0.15, -0.1) is 0 Å². The van der Waals surface area contributed by atoms with E-state index in [1.165, 1.54) is 0 Å². The van der Waals surface area contributed by atoms with Crippen LogP contribution in [-0.2, 0) is 9.59 Å². The third-order valence-electron chi connectivity index (χ3n) is 4.39. The lowest BCUT2D eigenvalue weighted by atomic mass is 9.71. The number of ether oxygens (including phenoxy) is 1. The average molecular weight is 305 g/mol. The highest BCUT2D eigenvalue weighted by molar-refractivity contribution is 5.95. The number of nitrogens with one attached hydrogen (secondary N) is 1. The molecule has 120 valence electrons. The van der Waals surface area contributed by atoms with Gasteiger partial charge in [-0.25, -0.2) is 0 Å². The molecule has 1 saturated carbocycles. The highest BCUT2D eigenvalue weighted by Gasteiger charge is 2.41. The summed E-state index contributed by atoms with van der Waals surface area (Å²) in [7, 11) is 1.54. The zero-order chi connectivity index (χ0) is 16.2. The molecule has 0 aliphatic heterocycles. The van der Waals surface area contributed by atoms with Crippen molar-refractivity contribution in [2.45, 2.75) is 45.4 Å². The molecule has 5 heteroatoms. The molecule has 0 unspecified atom stereocenters. The summed E-state index contributed by atoms with van der Waals surface area (Å²) >= 11 is 0. The van der Waals surface area contributed by atoms with Gasteiger partial charge in [0, 0.05) is 6.42 Å². The van der Waals surface area contributed by atoms with Crippen LogP contribution < -0.4 is 10.1 Å². The Morgan fingerprint density at radius 2 is 1.95 bits per heavy atom. The van der Waals surface area contributed by atoms with Gasteiger partial charge in [0.1, 0.15) is 5.75 Å². The number of aliphatic carboxylic acids is 1. The molecule has 1 aliphatic rings. The van der Waals surface area contributed by atoms with Crippen molar-refractivity contribution in [2.24, 2.45) is 5.41 Å². The Hall–Kier alpha value is -2.04. The maximum atomic E-state index is 12.3. The van der Waals surface area contributed by atoms with E-state index in [-0.39, 0.29) is 12.3 Å². The number of methoxy groups -OCH3 is 1. The minimum atomic E-state index is -0.917. The summed E-state index contributed by atoms with van der Waals surface area (Å²) in [5, 5.41) is 12.3. The number of hydrogen-bond donors (Lipinski definition) is 2. The van der Waals surface area contributed by atoms with E-state index >= 15 is 0 Å². The summed E-state index contributed by atoms with van der Waals surface area (Å²) in [6.07, 6.45) is 3.93. The van der Waals surface area contributed by atoms with Crippen LogP contribution >= 0.6 is 0 Å². The van der Waals surface area contributed by atoms with E-state index in [1.807, 2.05) is 19.1 Å². The Morgan fingerprint density at radius 3 is 2.55 bits per heavy atom. The van der Waals surface area contributed by atoms with Crippen molar-refractivity contribution in [3.63, 3.8) is 0 Å². The monoisotopic (exact) mass is 305 g/mol. The van der Waals surface area contributed by atoms with Crippen molar-refractivity contribution in [3.8, 4) is 5.75 Å². The lowest BCUT2D eigenvalue weighted by Crippen LogP contribution is -2.37. The van der Waals surface area contributed by atoms with Crippen LogP contribution in [0.2, 0.25) is 0 Å². The molecule has 1 fully saturated rings. The molecule has 2 rings (SSSR count). The van der Waals surface area contributed by atoms with Crippen molar-refractivity contribution >= 4 is 17.6 Å². The predicted octanol–water partition coefficient (Wildman–Crippen LogP) is 3.37. The molecule has 0 atom stereocenters. The van der Waals surface area contributed by atoms with Gasteiger partial charge in [-0.1, -0.05) is 25.3 Å². The third-order valence-corrected chi connectivity index (χ3v) is 4.39. The number of benzene rings is 1. The molecule has 0 aromatic heterocycles. The standard InChI is InChI=1S/C17H23NO4/c1-12-6-7-14(22-2)13(10-12)18-15(19)11-17(16(20)21)8-4-3-5-9-17/h6-7,10H,3-5,8-9,11H2,1-2H3,(H,18,19)(H,20,21). The first kappa shape index (κ1) is 16.3. The molecular weight excluding hydrogens is 282 g/mol. The number of hydrogen-bond acceptors (Lipinski definition) is 3. The van der Waals surface area contributed by atoms with Gasteiger partial charge in [-0.05, 0) is 37.5 Å². The zero-order valence-corrected chi connectivity index (χ0v) is 13.1. The van der Waals surface area contributed by atoms with Crippen molar-refractivity contribution in [2.75, 3.05) is 12.4 Å². The van der Waals surface area contributed by atoms with Crippen molar-refractivity contribution < 1.29 is 19.4 Å². The van der Waals surface area contributed by atoms with Crippen LogP contribution in [-0.4, -0.2) is 24.1 Å². The van der Waals surface area contributed by atoms with E-state index in [0.717, 1.165) is 24.8 Å². The second-order valence-electron chi connectivity index (χ2n) is 6.07. The topological polar surface area (TPSA) is 75.6 Å². The van der Waals surface area contributed by atoms with Crippen LogP contribution in [0.1, 0.15) is 44.1 Å². The molecule has 1 amide bonds. The minimum absolute atomic E-state index is 0.0133. The SMILES string of the molecule is COc1ccc(C)cc1NC(=O)CC1(C(=O)O)CCCCC1. The van der Waals surface area contributed by atoms with E-state index in [1.54, 1.807) is 13.2 Å². The van der Waals surface area contributed by atoms with E-state index in [9.17, 15) is 14.7 Å². The molecule has 0 radical (unpaired) electrons. The minimum Gasteiger partial charge on any atom is -0.495 e. The van der Waals surface area contributed by atoms with Crippen LogP contribution in [0.3, 0.4) is 0 Å². The van der Waals surface area contributed by atoms with Crippen LogP contribution in [0.4, 0.5) is 5.69 Å². The molecule has 1 aromatic carbocycles. The van der Waals surface area contributed by atoms with E-state index in [0.29, 0.717) is 24.3 Å². The Bertz CT molecular complexity index is 562. The third kappa shape index (κ3) is 3.59. The number of anilines is 1. The molecule has 0 saturated heterocycles. The molecule has 0 bridgehead atoms. The molecule has 0 spiro atoms. The van der Waals surface area contributed by atoms with Gasteiger partial charge >= 0.3 is 5.97 Å². The molecule has 22 heavy (non-hydrogen) atoms. The van der Waals surface area contributed by atoms with E-state index in [2.05, 4.69) is 5.32 Å². The molecule has 5 nitrogen and oxygen atoms in total. The summed E-state index contributed by atoms with van der Waals surface area (Å²) in [5.41, 5.74) is 0.671. The Morgan fingerprint density at radius 1 is 1.27 bits per heavy atom. The van der Waals surface area contributed by atoms with Gasteiger partial charge in [-0.2, -0.15) is 0 Å². The lowest BCUT2D eigenvalue weighted by Gasteiger charge is -2.32. The number of carboxylic acids is 1. The lowest BCUT2D eigenvalue weighted by molar-refractivity contribution is -0.153. The first-order chi connectivity index (χ1) is 10.5. The van der Waals surface area contributed by atoms with Crippen LogP contribution in [0, 0.1) is 12.3 Å². The highest BCUT2D eigenvalue weighted by atomic mass is 16.5. The fourth-order valence-corrected chi connectivity index (χ4v) is 3.12. The van der Waals surface area contributed by atoms with Crippen LogP contribution in [0.15, 0.2) is 18.2 Å². The summed E-state index contributed by atoms with van der Waals surface area (Å²) in [6, 6.07) is 5.51. The fraction of sp³-hybridized carbons (Fsp3) is 0.529. The van der Waals surface area contributed by atoms with E-state index < -0.39 is 11.4 Å². The molecule has 1 aliphatic carbocycles. The van der Waals surface area contributed by atoms with Gasteiger partial charge in [0.05, 0.1) is 18.2 Å². The molecular formula is C17H23NO4. The van der Waals surface area contributed by atoms with Gasteiger partial charge in [0.25, 0.3) is 0 Å². The summed E-state index contributed by atoms with van der Waals surface area (Å²) in [6.45, 7) is 1.93. The Balaban J connectivity index is 2.12. The predicted molar refractivity (Wildman–Crippen MR) is 84.1 cm³/mol. The quantitative estimate of drug-likeness (QED) is 0.874. The summed E-state index contributed by atoms with van der Waals surface area (Å²) in [4.78, 5) is 24.0. The van der Waals surface area contributed by atoms with Crippen LogP contribution in [0.25, 0.3) is 0 Å². The molecule has 2 N–H and O–H groups in total. The number of aryl methyl sites for hydroxylation is 1.